The van der Waals surface area contributed by atoms with E-state index in [-0.39, 0.29) is 5.41 Å². The van der Waals surface area contributed by atoms with Crippen LogP contribution in [0.1, 0.15) is 25.0 Å². The largest absolute Gasteiger partial charge is 0.248 e. The fourth-order valence-corrected chi connectivity index (χ4v) is 8.53. The van der Waals surface area contributed by atoms with Crippen LogP contribution in [0, 0.1) is 0 Å². The summed E-state index contributed by atoms with van der Waals surface area (Å²) in [6, 6.07) is 64.2. The third kappa shape index (κ3) is 4.66. The van der Waals surface area contributed by atoms with E-state index in [1.165, 1.54) is 71.3 Å². The molecule has 1 heterocycles. The summed E-state index contributed by atoms with van der Waals surface area (Å²) in [7, 11) is 0. The Labute approximate surface area is 298 Å². The Morgan fingerprint density at radius 2 is 0.902 bits per heavy atom. The van der Waals surface area contributed by atoms with Gasteiger partial charge in [-0.15, -0.1) is 0 Å². The van der Waals surface area contributed by atoms with Gasteiger partial charge in [-0.05, 0) is 101 Å². The molecule has 1 aromatic heterocycles. The van der Waals surface area contributed by atoms with Crippen molar-refractivity contribution < 1.29 is 0 Å². The highest BCUT2D eigenvalue weighted by atomic mass is 14.7. The summed E-state index contributed by atoms with van der Waals surface area (Å²) in [6.45, 7) is 4.70. The molecule has 0 unspecified atom stereocenters. The Bertz CT molecular complexity index is 2750. The molecule has 9 aromatic rings. The van der Waals surface area contributed by atoms with Crippen molar-refractivity contribution in [2.75, 3.05) is 0 Å². The Morgan fingerprint density at radius 3 is 1.69 bits per heavy atom. The van der Waals surface area contributed by atoms with Crippen LogP contribution >= 0.6 is 0 Å². The molecule has 0 aliphatic heterocycles. The molecule has 0 spiro atoms. The molecule has 51 heavy (non-hydrogen) atoms. The molecule has 1 aliphatic carbocycles. The summed E-state index contributed by atoms with van der Waals surface area (Å²) in [6.07, 6.45) is 0. The molecular weight excluding hydrogens is 615 g/mol. The third-order valence-electron chi connectivity index (χ3n) is 11.1. The van der Waals surface area contributed by atoms with E-state index in [9.17, 15) is 0 Å². The Balaban J connectivity index is 1.24. The first kappa shape index (κ1) is 29.6. The second kappa shape index (κ2) is 11.4. The van der Waals surface area contributed by atoms with Crippen molar-refractivity contribution in [3.63, 3.8) is 0 Å². The Hall–Kier alpha value is -6.31. The van der Waals surface area contributed by atoms with Crippen LogP contribution in [0.2, 0.25) is 0 Å². The van der Waals surface area contributed by atoms with Crippen LogP contribution in [0.4, 0.5) is 0 Å². The van der Waals surface area contributed by atoms with Gasteiger partial charge in [-0.25, -0.2) is 4.98 Å². The van der Waals surface area contributed by atoms with Crippen LogP contribution in [-0.4, -0.2) is 4.98 Å². The zero-order valence-corrected chi connectivity index (χ0v) is 28.7. The summed E-state index contributed by atoms with van der Waals surface area (Å²) in [5, 5.41) is 7.59. The molecule has 0 radical (unpaired) electrons. The standard InChI is InChI=1S/C50H35N/c1-50(2)45-23-12-11-20-41(45)43-28-34(25-27-46(43)50)37-21-13-22-42-39-19-10-9-18-38(39)40-26-24-35(29-44(40)49(37)42)48-31-36(32-14-5-3-6-15-32)30-47(51-48)33-16-7-4-8-17-33/h3-31H,1-2H3. The van der Waals surface area contributed by atoms with Crippen LogP contribution < -0.4 is 0 Å². The summed E-state index contributed by atoms with van der Waals surface area (Å²) in [5.74, 6) is 0. The number of benzene rings is 8. The smallest absolute Gasteiger partial charge is 0.0715 e. The van der Waals surface area contributed by atoms with Crippen LogP contribution in [0.25, 0.3) is 88.2 Å². The minimum absolute atomic E-state index is 0.0269. The molecule has 1 heteroatoms. The van der Waals surface area contributed by atoms with E-state index in [1.54, 1.807) is 0 Å². The second-order valence-electron chi connectivity index (χ2n) is 14.3. The van der Waals surface area contributed by atoms with E-state index in [0.29, 0.717) is 0 Å². The molecule has 1 nitrogen and oxygen atoms in total. The van der Waals surface area contributed by atoms with Gasteiger partial charge in [-0.2, -0.15) is 0 Å². The van der Waals surface area contributed by atoms with Crippen molar-refractivity contribution in [2.24, 2.45) is 0 Å². The van der Waals surface area contributed by atoms with E-state index < -0.39 is 0 Å². The molecule has 1 aliphatic rings. The van der Waals surface area contributed by atoms with Crippen LogP contribution in [0.5, 0.6) is 0 Å². The van der Waals surface area contributed by atoms with Gasteiger partial charge in [0.1, 0.15) is 0 Å². The average molecular weight is 650 g/mol. The maximum absolute atomic E-state index is 5.30. The lowest BCUT2D eigenvalue weighted by Crippen LogP contribution is -2.14. The maximum Gasteiger partial charge on any atom is 0.0715 e. The van der Waals surface area contributed by atoms with E-state index in [4.69, 9.17) is 4.98 Å². The first-order chi connectivity index (χ1) is 25.0. The summed E-state index contributed by atoms with van der Waals surface area (Å²) in [4.78, 5) is 5.30. The lowest BCUT2D eigenvalue weighted by molar-refractivity contribution is 0.660. The first-order valence-corrected chi connectivity index (χ1v) is 17.8. The first-order valence-electron chi connectivity index (χ1n) is 17.8. The van der Waals surface area contributed by atoms with Crippen molar-refractivity contribution in [1.29, 1.82) is 0 Å². The molecule has 0 saturated carbocycles. The third-order valence-corrected chi connectivity index (χ3v) is 11.1. The minimum Gasteiger partial charge on any atom is -0.248 e. The van der Waals surface area contributed by atoms with E-state index in [1.807, 2.05) is 0 Å². The molecule has 0 amide bonds. The summed E-state index contributed by atoms with van der Waals surface area (Å²) < 4.78 is 0. The van der Waals surface area contributed by atoms with E-state index in [0.717, 1.165) is 28.1 Å². The molecule has 0 N–H and O–H groups in total. The van der Waals surface area contributed by atoms with Crippen molar-refractivity contribution in [1.82, 2.24) is 4.98 Å². The lowest BCUT2D eigenvalue weighted by Gasteiger charge is -2.21. The van der Waals surface area contributed by atoms with Crippen molar-refractivity contribution in [2.45, 2.75) is 19.3 Å². The van der Waals surface area contributed by atoms with Crippen LogP contribution in [0.15, 0.2) is 176 Å². The molecule has 240 valence electrons. The van der Waals surface area contributed by atoms with Gasteiger partial charge >= 0.3 is 0 Å². The second-order valence-corrected chi connectivity index (χ2v) is 14.3. The zero-order chi connectivity index (χ0) is 34.1. The molecule has 8 aromatic carbocycles. The number of fused-ring (bicyclic) bond motifs is 9. The molecular formula is C50H35N. The van der Waals surface area contributed by atoms with E-state index in [2.05, 4.69) is 190 Å². The Kier molecular flexibility index (Phi) is 6.60. The van der Waals surface area contributed by atoms with Crippen molar-refractivity contribution in [3.8, 4) is 55.9 Å². The number of nitrogens with zero attached hydrogens (tertiary/aromatic N) is 1. The van der Waals surface area contributed by atoms with Gasteiger partial charge in [-0.3, -0.25) is 0 Å². The van der Waals surface area contributed by atoms with Gasteiger partial charge in [0.15, 0.2) is 0 Å². The fourth-order valence-electron chi connectivity index (χ4n) is 8.53. The van der Waals surface area contributed by atoms with Crippen molar-refractivity contribution in [3.05, 3.63) is 187 Å². The number of pyridine rings is 1. The highest BCUT2D eigenvalue weighted by molar-refractivity contribution is 6.29. The van der Waals surface area contributed by atoms with Crippen LogP contribution in [0.3, 0.4) is 0 Å². The number of rotatable bonds is 4. The molecule has 0 atom stereocenters. The van der Waals surface area contributed by atoms with Gasteiger partial charge in [-0.1, -0.05) is 166 Å². The number of aromatic nitrogens is 1. The highest BCUT2D eigenvalue weighted by Crippen LogP contribution is 2.50. The summed E-state index contributed by atoms with van der Waals surface area (Å²) in [5.41, 5.74) is 14.4. The topological polar surface area (TPSA) is 12.9 Å². The van der Waals surface area contributed by atoms with Gasteiger partial charge in [0.2, 0.25) is 0 Å². The molecule has 0 bridgehead atoms. The Morgan fingerprint density at radius 1 is 0.333 bits per heavy atom. The SMILES string of the molecule is CC1(C)c2ccccc2-c2cc(-c3cccc4c5ccccc5c5ccc(-c6cc(-c7ccccc7)cc(-c7ccccc7)n6)cc5c34)ccc21. The highest BCUT2D eigenvalue weighted by Gasteiger charge is 2.35. The van der Waals surface area contributed by atoms with Gasteiger partial charge in [0.25, 0.3) is 0 Å². The quantitative estimate of drug-likeness (QED) is 0.173. The van der Waals surface area contributed by atoms with E-state index >= 15 is 0 Å². The van der Waals surface area contributed by atoms with Gasteiger partial charge < -0.3 is 0 Å². The normalized spacial score (nSPS) is 13.1. The maximum atomic E-state index is 5.30. The minimum atomic E-state index is -0.0269. The molecule has 0 saturated heterocycles. The lowest BCUT2D eigenvalue weighted by atomic mass is 9.82. The summed E-state index contributed by atoms with van der Waals surface area (Å²) >= 11 is 0. The zero-order valence-electron chi connectivity index (χ0n) is 28.7. The average Bonchev–Trinajstić information content (AvgIpc) is 3.43. The van der Waals surface area contributed by atoms with Crippen LogP contribution in [-0.2, 0) is 5.41 Å². The predicted molar refractivity (Wildman–Crippen MR) is 216 cm³/mol. The van der Waals surface area contributed by atoms with Crippen molar-refractivity contribution >= 4 is 32.3 Å². The fraction of sp³-hybridized carbons (Fsp3) is 0.0600. The molecule has 0 fully saturated rings. The van der Waals surface area contributed by atoms with Gasteiger partial charge in [0.05, 0.1) is 11.4 Å². The van der Waals surface area contributed by atoms with Gasteiger partial charge in [0, 0.05) is 16.5 Å². The molecule has 10 rings (SSSR count). The number of hydrogen-bond acceptors (Lipinski definition) is 1. The number of hydrogen-bond donors (Lipinski definition) is 0. The predicted octanol–water partition coefficient (Wildman–Crippen LogP) is 13.5. The monoisotopic (exact) mass is 649 g/mol.